The number of benzene rings is 1. The third-order valence-corrected chi connectivity index (χ3v) is 5.83. The molecule has 2 N–H and O–H groups in total. The van der Waals surface area contributed by atoms with E-state index >= 15 is 0 Å². The van der Waals surface area contributed by atoms with Crippen LogP contribution in [0.3, 0.4) is 0 Å². The monoisotopic (exact) mass is 315 g/mol. The lowest BCUT2D eigenvalue weighted by molar-refractivity contribution is -0.947. The van der Waals surface area contributed by atoms with Crippen LogP contribution in [-0.4, -0.2) is 31.1 Å². The minimum Gasteiger partial charge on any atom is -0.466 e. The average Bonchev–Trinajstić information content (AvgIpc) is 3.16. The van der Waals surface area contributed by atoms with Gasteiger partial charge in [0.05, 0.1) is 18.8 Å². The summed E-state index contributed by atoms with van der Waals surface area (Å²) in [5.74, 6) is -0.265. The number of carbonyl (C=O) groups excluding carboxylic acids is 2. The van der Waals surface area contributed by atoms with Gasteiger partial charge in [-0.2, -0.15) is 0 Å². The van der Waals surface area contributed by atoms with Crippen molar-refractivity contribution >= 4 is 17.6 Å². The molecule has 2 saturated heterocycles. The van der Waals surface area contributed by atoms with Gasteiger partial charge in [-0.3, -0.25) is 9.59 Å². The molecule has 1 aromatic rings. The Morgan fingerprint density at radius 3 is 3.09 bits per heavy atom. The summed E-state index contributed by atoms with van der Waals surface area (Å²) in [5, 5.41) is 3.05. The van der Waals surface area contributed by atoms with Gasteiger partial charge in [0, 0.05) is 24.8 Å². The molecule has 3 heterocycles. The Bertz CT molecular complexity index is 687. The quantitative estimate of drug-likeness (QED) is 0.793. The fourth-order valence-corrected chi connectivity index (χ4v) is 4.94. The van der Waals surface area contributed by atoms with E-state index in [1.54, 1.807) is 0 Å². The first-order valence-corrected chi connectivity index (χ1v) is 8.53. The van der Waals surface area contributed by atoms with Gasteiger partial charge >= 0.3 is 5.97 Å². The molecule has 1 aromatic carbocycles. The van der Waals surface area contributed by atoms with Crippen LogP contribution < -0.4 is 10.2 Å². The van der Waals surface area contributed by atoms with E-state index in [0.717, 1.165) is 36.2 Å². The summed E-state index contributed by atoms with van der Waals surface area (Å²) in [4.78, 5) is 26.7. The van der Waals surface area contributed by atoms with Gasteiger partial charge in [0.15, 0.2) is 0 Å². The lowest BCUT2D eigenvalue weighted by atomic mass is 9.84. The minimum absolute atomic E-state index is 0.0480. The van der Waals surface area contributed by atoms with E-state index < -0.39 is 5.54 Å². The number of esters is 1. The summed E-state index contributed by atoms with van der Waals surface area (Å²) in [6.07, 6.45) is 2.62. The largest absolute Gasteiger partial charge is 0.466 e. The van der Waals surface area contributed by atoms with Crippen LogP contribution in [0, 0.1) is 12.8 Å². The van der Waals surface area contributed by atoms with Gasteiger partial charge < -0.3 is 15.0 Å². The molecule has 1 unspecified atom stereocenters. The molecule has 2 fully saturated rings. The Kier molecular flexibility index (Phi) is 3.23. The molecule has 1 spiro atoms. The van der Waals surface area contributed by atoms with E-state index in [1.807, 2.05) is 26.0 Å². The van der Waals surface area contributed by atoms with Gasteiger partial charge in [-0.25, -0.2) is 0 Å². The van der Waals surface area contributed by atoms with Crippen molar-refractivity contribution in [1.82, 2.24) is 0 Å². The topological polar surface area (TPSA) is 59.8 Å². The minimum atomic E-state index is -0.611. The Hall–Kier alpha value is -1.88. The van der Waals surface area contributed by atoms with Crippen molar-refractivity contribution in [1.29, 1.82) is 0 Å². The third-order valence-electron chi connectivity index (χ3n) is 5.83. The Balaban J connectivity index is 1.81. The van der Waals surface area contributed by atoms with Gasteiger partial charge in [0.2, 0.25) is 5.54 Å². The van der Waals surface area contributed by atoms with E-state index in [2.05, 4.69) is 11.4 Å². The maximum absolute atomic E-state index is 13.0. The normalized spacial score (nSPS) is 34.3. The van der Waals surface area contributed by atoms with Gasteiger partial charge in [0.25, 0.3) is 5.91 Å². The number of fused-ring (bicyclic) bond motifs is 4. The van der Waals surface area contributed by atoms with Crippen molar-refractivity contribution in [2.24, 2.45) is 5.92 Å². The summed E-state index contributed by atoms with van der Waals surface area (Å²) in [6, 6.07) is 6.32. The number of nitrogens with one attached hydrogen (secondary N) is 2. The van der Waals surface area contributed by atoms with Crippen LogP contribution in [0.15, 0.2) is 18.2 Å². The molecule has 1 amide bonds. The number of anilines is 1. The summed E-state index contributed by atoms with van der Waals surface area (Å²) in [7, 11) is 0. The van der Waals surface area contributed by atoms with Crippen molar-refractivity contribution in [3.63, 3.8) is 0 Å². The molecule has 122 valence electrons. The number of quaternary nitrogens is 1. The van der Waals surface area contributed by atoms with Crippen molar-refractivity contribution in [3.05, 3.63) is 29.3 Å². The molecule has 0 radical (unpaired) electrons. The zero-order chi connectivity index (χ0) is 16.2. The fraction of sp³-hybridized carbons (Fsp3) is 0.556. The number of aryl methyl sites for hydroxylation is 1. The molecule has 0 aromatic heterocycles. The van der Waals surface area contributed by atoms with Crippen LogP contribution in [0.1, 0.15) is 37.3 Å². The predicted molar refractivity (Wildman–Crippen MR) is 85.1 cm³/mol. The Labute approximate surface area is 136 Å². The van der Waals surface area contributed by atoms with Crippen LogP contribution in [0.5, 0.6) is 0 Å². The second-order valence-electron chi connectivity index (χ2n) is 7.00. The van der Waals surface area contributed by atoms with Crippen LogP contribution in [0.2, 0.25) is 0 Å². The van der Waals surface area contributed by atoms with Gasteiger partial charge in [-0.15, -0.1) is 0 Å². The summed E-state index contributed by atoms with van der Waals surface area (Å²) < 4.78 is 5.30. The van der Waals surface area contributed by atoms with E-state index in [4.69, 9.17) is 4.74 Å². The molecule has 0 aliphatic carbocycles. The second-order valence-corrected chi connectivity index (χ2v) is 7.00. The summed E-state index contributed by atoms with van der Waals surface area (Å²) in [5.41, 5.74) is 2.51. The lowest BCUT2D eigenvalue weighted by Gasteiger charge is -2.29. The third kappa shape index (κ3) is 1.89. The Morgan fingerprint density at radius 1 is 1.48 bits per heavy atom. The standard InChI is InChI=1S/C18H22N2O3/c1-3-23-16(21)12-10-18(20-8-4-5-15(12)20)13-9-11(2)6-7-14(13)19-17(18)22/h6-7,9,12,15H,3-5,8,10H2,1-2H3,(H,19,22)/p+1/t12-,15+,18-/m0/s1. The van der Waals surface area contributed by atoms with Crippen molar-refractivity contribution in [2.75, 3.05) is 18.5 Å². The molecular weight excluding hydrogens is 292 g/mol. The smallest absolute Gasteiger partial charge is 0.315 e. The van der Waals surface area contributed by atoms with Crippen molar-refractivity contribution in [3.8, 4) is 0 Å². The molecule has 3 aliphatic rings. The summed E-state index contributed by atoms with van der Waals surface area (Å²) >= 11 is 0. The first-order chi connectivity index (χ1) is 11.1. The highest BCUT2D eigenvalue weighted by Gasteiger charge is 2.67. The number of hydrogen-bond acceptors (Lipinski definition) is 3. The van der Waals surface area contributed by atoms with E-state index in [-0.39, 0.29) is 23.8 Å². The first-order valence-electron chi connectivity index (χ1n) is 8.53. The molecule has 0 saturated carbocycles. The van der Waals surface area contributed by atoms with Gasteiger partial charge in [-0.1, -0.05) is 11.6 Å². The molecule has 3 aliphatic heterocycles. The zero-order valence-electron chi connectivity index (χ0n) is 13.6. The number of hydrogen-bond donors (Lipinski definition) is 2. The van der Waals surface area contributed by atoms with Crippen molar-refractivity contribution in [2.45, 2.75) is 44.7 Å². The molecule has 0 bridgehead atoms. The van der Waals surface area contributed by atoms with Gasteiger partial charge in [0.1, 0.15) is 12.0 Å². The SMILES string of the molecule is CCOC(=O)[C@H]1C[C@]2(C(=O)Nc3ccc(C)cc32)[NH+]2CCC[C@H]12. The fourth-order valence-electron chi connectivity index (χ4n) is 4.94. The molecule has 5 nitrogen and oxygen atoms in total. The average molecular weight is 315 g/mol. The maximum atomic E-state index is 13.0. The van der Waals surface area contributed by atoms with Crippen LogP contribution in [0.4, 0.5) is 5.69 Å². The maximum Gasteiger partial charge on any atom is 0.315 e. The number of ether oxygens (including phenoxy) is 1. The van der Waals surface area contributed by atoms with E-state index in [9.17, 15) is 9.59 Å². The highest BCUT2D eigenvalue weighted by molar-refractivity contribution is 6.05. The molecular formula is C18H23N2O3+. The number of rotatable bonds is 2. The highest BCUT2D eigenvalue weighted by atomic mass is 16.5. The van der Waals surface area contributed by atoms with E-state index in [1.165, 1.54) is 4.90 Å². The number of carbonyl (C=O) groups is 2. The van der Waals surface area contributed by atoms with Gasteiger partial charge in [-0.05, 0) is 26.0 Å². The van der Waals surface area contributed by atoms with Crippen molar-refractivity contribution < 1.29 is 19.2 Å². The number of amides is 1. The van der Waals surface area contributed by atoms with Crippen LogP contribution >= 0.6 is 0 Å². The second kappa shape index (κ2) is 5.06. The highest BCUT2D eigenvalue weighted by Crippen LogP contribution is 2.44. The molecule has 4 rings (SSSR count). The lowest BCUT2D eigenvalue weighted by Crippen LogP contribution is -3.19. The zero-order valence-corrected chi connectivity index (χ0v) is 13.6. The van der Waals surface area contributed by atoms with Crippen LogP contribution in [0.25, 0.3) is 0 Å². The Morgan fingerprint density at radius 2 is 2.30 bits per heavy atom. The molecule has 23 heavy (non-hydrogen) atoms. The molecule has 4 atom stereocenters. The van der Waals surface area contributed by atoms with E-state index in [0.29, 0.717) is 13.0 Å². The first kappa shape index (κ1) is 14.7. The molecule has 5 heteroatoms. The van der Waals surface area contributed by atoms with Crippen LogP contribution in [-0.2, 0) is 19.9 Å². The summed E-state index contributed by atoms with van der Waals surface area (Å²) in [6.45, 7) is 5.22. The predicted octanol–water partition coefficient (Wildman–Crippen LogP) is 0.773.